The zero-order valence-electron chi connectivity index (χ0n) is 11.3. The van der Waals surface area contributed by atoms with Crippen molar-refractivity contribution in [2.24, 2.45) is 11.7 Å². The van der Waals surface area contributed by atoms with Gasteiger partial charge in [-0.05, 0) is 44.6 Å². The van der Waals surface area contributed by atoms with Gasteiger partial charge in [0.1, 0.15) is 0 Å². The summed E-state index contributed by atoms with van der Waals surface area (Å²) in [5, 5.41) is 0. The molecule has 0 bridgehead atoms. The Morgan fingerprint density at radius 2 is 1.78 bits per heavy atom. The Hall–Kier alpha value is -0.280. The van der Waals surface area contributed by atoms with Crippen molar-refractivity contribution in [3.63, 3.8) is 0 Å². The number of nitrogens with zero attached hydrogens (tertiary/aromatic N) is 1. The minimum absolute atomic E-state index is 0. The van der Waals surface area contributed by atoms with Crippen LogP contribution in [0.1, 0.15) is 57.8 Å². The Kier molecular flexibility index (Phi) is 7.02. The van der Waals surface area contributed by atoms with Crippen LogP contribution in [0.15, 0.2) is 0 Å². The number of amides is 1. The molecule has 1 amide bonds. The molecular formula is C14H27ClN2O. The van der Waals surface area contributed by atoms with Crippen molar-refractivity contribution in [1.29, 1.82) is 0 Å². The van der Waals surface area contributed by atoms with Gasteiger partial charge in [-0.1, -0.05) is 19.3 Å². The van der Waals surface area contributed by atoms with E-state index in [2.05, 4.69) is 4.90 Å². The lowest BCUT2D eigenvalue weighted by atomic mass is 9.89. The first-order valence-corrected chi connectivity index (χ1v) is 7.31. The second-order valence-corrected chi connectivity index (χ2v) is 5.67. The summed E-state index contributed by atoms with van der Waals surface area (Å²) in [5.74, 6) is 1.12. The number of rotatable bonds is 6. The Labute approximate surface area is 117 Å². The molecule has 2 aliphatic carbocycles. The van der Waals surface area contributed by atoms with Crippen molar-refractivity contribution in [3.05, 3.63) is 0 Å². The first kappa shape index (κ1) is 15.8. The van der Waals surface area contributed by atoms with E-state index in [9.17, 15) is 4.79 Å². The van der Waals surface area contributed by atoms with Crippen LogP contribution in [0, 0.1) is 5.92 Å². The predicted molar refractivity (Wildman–Crippen MR) is 76.8 cm³/mol. The molecule has 0 spiro atoms. The summed E-state index contributed by atoms with van der Waals surface area (Å²) < 4.78 is 0. The fraction of sp³-hybridized carbons (Fsp3) is 0.929. The third-order valence-corrected chi connectivity index (χ3v) is 4.08. The van der Waals surface area contributed by atoms with Crippen molar-refractivity contribution >= 4 is 18.3 Å². The van der Waals surface area contributed by atoms with E-state index in [4.69, 9.17) is 5.73 Å². The maximum absolute atomic E-state index is 12.1. The van der Waals surface area contributed by atoms with E-state index in [1.165, 1.54) is 44.9 Å². The van der Waals surface area contributed by atoms with Crippen LogP contribution in [-0.2, 0) is 4.79 Å². The van der Waals surface area contributed by atoms with Crippen molar-refractivity contribution in [2.45, 2.75) is 63.8 Å². The fourth-order valence-corrected chi connectivity index (χ4v) is 2.89. The van der Waals surface area contributed by atoms with Crippen LogP contribution < -0.4 is 5.73 Å². The molecule has 106 valence electrons. The second kappa shape index (κ2) is 8.00. The predicted octanol–water partition coefficient (Wildman–Crippen LogP) is 2.72. The summed E-state index contributed by atoms with van der Waals surface area (Å²) in [5.41, 5.74) is 5.48. The van der Waals surface area contributed by atoms with Gasteiger partial charge in [0.2, 0.25) is 5.91 Å². The standard InChI is InChI=1S/C14H26N2O.ClH/c15-10-4-7-14(17)16(13-8-9-13)11-12-5-2-1-3-6-12;/h12-13H,1-11,15H2;1H. The third-order valence-electron chi connectivity index (χ3n) is 4.08. The lowest BCUT2D eigenvalue weighted by Gasteiger charge is -2.30. The topological polar surface area (TPSA) is 46.3 Å². The summed E-state index contributed by atoms with van der Waals surface area (Å²) in [6.45, 7) is 1.65. The molecule has 0 atom stereocenters. The van der Waals surface area contributed by atoms with Crippen molar-refractivity contribution in [1.82, 2.24) is 4.90 Å². The average Bonchev–Trinajstić information content (AvgIpc) is 3.18. The summed E-state index contributed by atoms with van der Waals surface area (Å²) in [6, 6.07) is 0.571. The molecule has 0 radical (unpaired) electrons. The molecule has 0 saturated heterocycles. The first-order chi connectivity index (χ1) is 8.31. The maximum atomic E-state index is 12.1. The zero-order chi connectivity index (χ0) is 12.1. The molecule has 0 aliphatic heterocycles. The molecule has 4 heteroatoms. The van der Waals surface area contributed by atoms with Crippen LogP contribution in [0.4, 0.5) is 0 Å². The van der Waals surface area contributed by atoms with Gasteiger partial charge in [-0.2, -0.15) is 0 Å². The maximum Gasteiger partial charge on any atom is 0.222 e. The first-order valence-electron chi connectivity index (χ1n) is 7.31. The summed E-state index contributed by atoms with van der Waals surface area (Å²) in [7, 11) is 0. The van der Waals surface area contributed by atoms with Gasteiger partial charge < -0.3 is 10.6 Å². The Morgan fingerprint density at radius 1 is 1.11 bits per heavy atom. The molecule has 2 saturated carbocycles. The van der Waals surface area contributed by atoms with Crippen molar-refractivity contribution in [3.8, 4) is 0 Å². The lowest BCUT2D eigenvalue weighted by molar-refractivity contribution is -0.132. The lowest BCUT2D eigenvalue weighted by Crippen LogP contribution is -2.37. The van der Waals surface area contributed by atoms with E-state index in [1.807, 2.05) is 0 Å². The Balaban J connectivity index is 0.00000162. The van der Waals surface area contributed by atoms with E-state index < -0.39 is 0 Å². The van der Waals surface area contributed by atoms with Crippen LogP contribution in [-0.4, -0.2) is 29.9 Å². The summed E-state index contributed by atoms with van der Waals surface area (Å²) in [6.07, 6.45) is 10.7. The summed E-state index contributed by atoms with van der Waals surface area (Å²) >= 11 is 0. The minimum atomic E-state index is 0. The smallest absolute Gasteiger partial charge is 0.222 e. The third kappa shape index (κ3) is 4.77. The molecule has 0 aromatic carbocycles. The Bertz CT molecular complexity index is 250. The normalized spacial score (nSPS) is 20.3. The number of hydrogen-bond acceptors (Lipinski definition) is 2. The number of carbonyl (C=O) groups is 1. The van der Waals surface area contributed by atoms with Gasteiger partial charge in [-0.15, -0.1) is 12.4 Å². The highest BCUT2D eigenvalue weighted by Crippen LogP contribution is 2.31. The molecule has 0 heterocycles. The highest BCUT2D eigenvalue weighted by molar-refractivity contribution is 5.85. The van der Waals surface area contributed by atoms with Crippen LogP contribution in [0.25, 0.3) is 0 Å². The van der Waals surface area contributed by atoms with Gasteiger partial charge >= 0.3 is 0 Å². The van der Waals surface area contributed by atoms with Crippen molar-refractivity contribution in [2.75, 3.05) is 13.1 Å². The van der Waals surface area contributed by atoms with Crippen molar-refractivity contribution < 1.29 is 4.79 Å². The van der Waals surface area contributed by atoms with E-state index in [1.54, 1.807) is 0 Å². The SMILES string of the molecule is Cl.NCCCC(=O)N(CC1CCCCC1)C1CC1. The van der Waals surface area contributed by atoms with Crippen LogP contribution in [0.3, 0.4) is 0 Å². The van der Waals surface area contributed by atoms with E-state index >= 15 is 0 Å². The molecule has 0 aromatic heterocycles. The number of carbonyl (C=O) groups excluding carboxylic acids is 1. The van der Waals surface area contributed by atoms with Gasteiger partial charge in [-0.25, -0.2) is 0 Å². The molecule has 2 fully saturated rings. The molecule has 3 nitrogen and oxygen atoms in total. The highest BCUT2D eigenvalue weighted by Gasteiger charge is 2.33. The van der Waals surface area contributed by atoms with Gasteiger partial charge in [0.05, 0.1) is 0 Å². The second-order valence-electron chi connectivity index (χ2n) is 5.67. The molecule has 2 N–H and O–H groups in total. The van der Waals surface area contributed by atoms with E-state index in [0.717, 1.165) is 18.9 Å². The number of halogens is 1. The van der Waals surface area contributed by atoms with Crippen LogP contribution in [0.2, 0.25) is 0 Å². The van der Waals surface area contributed by atoms with Gasteiger partial charge in [0.15, 0.2) is 0 Å². The fourth-order valence-electron chi connectivity index (χ4n) is 2.89. The zero-order valence-corrected chi connectivity index (χ0v) is 12.1. The Morgan fingerprint density at radius 3 is 2.33 bits per heavy atom. The quantitative estimate of drug-likeness (QED) is 0.810. The largest absolute Gasteiger partial charge is 0.339 e. The molecule has 18 heavy (non-hydrogen) atoms. The molecular weight excluding hydrogens is 248 g/mol. The van der Waals surface area contributed by atoms with Crippen LogP contribution >= 0.6 is 12.4 Å². The van der Waals surface area contributed by atoms with E-state index in [0.29, 0.717) is 24.9 Å². The van der Waals surface area contributed by atoms with Gasteiger partial charge in [0, 0.05) is 19.0 Å². The van der Waals surface area contributed by atoms with Gasteiger partial charge in [0.25, 0.3) is 0 Å². The molecule has 2 rings (SSSR count). The molecule has 0 aromatic rings. The van der Waals surface area contributed by atoms with Crippen LogP contribution in [0.5, 0.6) is 0 Å². The monoisotopic (exact) mass is 274 g/mol. The number of nitrogens with two attached hydrogens (primary N) is 1. The highest BCUT2D eigenvalue weighted by atomic mass is 35.5. The number of hydrogen-bond donors (Lipinski definition) is 1. The summed E-state index contributed by atoms with van der Waals surface area (Å²) in [4.78, 5) is 14.3. The average molecular weight is 275 g/mol. The molecule has 2 aliphatic rings. The van der Waals surface area contributed by atoms with Gasteiger partial charge in [-0.3, -0.25) is 4.79 Å². The molecule has 0 unspecified atom stereocenters. The minimum Gasteiger partial charge on any atom is -0.339 e. The van der Waals surface area contributed by atoms with E-state index in [-0.39, 0.29) is 12.4 Å².